The summed E-state index contributed by atoms with van der Waals surface area (Å²) in [4.78, 5) is 11.3. The maximum absolute atomic E-state index is 11.3. The Balaban J connectivity index is 0.00000225. The molecular formula is C12H14LiNO2. The molecule has 0 aliphatic rings. The van der Waals surface area contributed by atoms with Crippen molar-refractivity contribution in [3.05, 3.63) is 47.8 Å². The normalized spacial score (nSPS) is 11.6. The van der Waals surface area contributed by atoms with Crippen LogP contribution in [0.4, 0.5) is 10.5 Å². The Morgan fingerprint density at radius 1 is 1.38 bits per heavy atom. The van der Waals surface area contributed by atoms with Crippen molar-refractivity contribution in [2.75, 3.05) is 0 Å². The fraction of sp³-hybridized carbons (Fsp3) is 0.250. The summed E-state index contributed by atoms with van der Waals surface area (Å²) < 4.78 is 5.00. The molecule has 0 fully saturated rings. The van der Waals surface area contributed by atoms with E-state index in [0.717, 1.165) is 0 Å². The van der Waals surface area contributed by atoms with Gasteiger partial charge in [-0.25, -0.2) is 0 Å². The zero-order valence-electron chi connectivity index (χ0n) is 9.88. The van der Waals surface area contributed by atoms with Gasteiger partial charge in [-0.05, 0) is 19.9 Å². The SMILES string of the molecule is C/C=C\C(C)OC(=O)[N-]c1ccccc1.[Li+]. The van der Waals surface area contributed by atoms with Crippen molar-refractivity contribution in [2.45, 2.75) is 20.0 Å². The fourth-order valence-corrected chi connectivity index (χ4v) is 1.10. The van der Waals surface area contributed by atoms with Crippen LogP contribution in [0.3, 0.4) is 0 Å². The van der Waals surface area contributed by atoms with E-state index in [4.69, 9.17) is 4.74 Å². The quantitative estimate of drug-likeness (QED) is 0.548. The van der Waals surface area contributed by atoms with Crippen LogP contribution in [0, 0.1) is 0 Å². The third kappa shape index (κ3) is 5.65. The van der Waals surface area contributed by atoms with E-state index in [-0.39, 0.29) is 25.0 Å². The third-order valence-electron chi connectivity index (χ3n) is 1.73. The van der Waals surface area contributed by atoms with E-state index in [1.807, 2.05) is 31.2 Å². The summed E-state index contributed by atoms with van der Waals surface area (Å²) in [6, 6.07) is 9.01. The number of ether oxygens (including phenoxy) is 1. The van der Waals surface area contributed by atoms with Crippen LogP contribution in [0.15, 0.2) is 42.5 Å². The number of benzene rings is 1. The van der Waals surface area contributed by atoms with Gasteiger partial charge >= 0.3 is 18.9 Å². The van der Waals surface area contributed by atoms with E-state index in [2.05, 4.69) is 5.32 Å². The molecule has 0 N–H and O–H groups in total. The van der Waals surface area contributed by atoms with Gasteiger partial charge in [0.1, 0.15) is 6.10 Å². The molecule has 0 aliphatic heterocycles. The Bertz CT molecular complexity index is 338. The zero-order valence-corrected chi connectivity index (χ0v) is 9.88. The smallest absolute Gasteiger partial charge is 0.591 e. The van der Waals surface area contributed by atoms with Crippen LogP contribution in [0.2, 0.25) is 0 Å². The average molecular weight is 211 g/mol. The van der Waals surface area contributed by atoms with E-state index in [0.29, 0.717) is 5.69 Å². The summed E-state index contributed by atoms with van der Waals surface area (Å²) in [5.41, 5.74) is 0.607. The maximum Gasteiger partial charge on any atom is 1.00 e. The molecule has 1 amide bonds. The first-order valence-electron chi connectivity index (χ1n) is 4.82. The number of carbonyl (C=O) groups is 1. The van der Waals surface area contributed by atoms with E-state index in [9.17, 15) is 4.79 Å². The van der Waals surface area contributed by atoms with Crippen LogP contribution in [0.1, 0.15) is 13.8 Å². The Kier molecular flexibility index (Phi) is 7.45. The van der Waals surface area contributed by atoms with E-state index in [1.54, 1.807) is 25.1 Å². The predicted molar refractivity (Wildman–Crippen MR) is 60.2 cm³/mol. The minimum atomic E-state index is -0.563. The summed E-state index contributed by atoms with van der Waals surface area (Å²) in [5.74, 6) is 0. The van der Waals surface area contributed by atoms with Crippen molar-refractivity contribution in [3.63, 3.8) is 0 Å². The van der Waals surface area contributed by atoms with Gasteiger partial charge < -0.3 is 10.1 Å². The molecule has 0 heterocycles. The molecule has 1 aromatic carbocycles. The van der Waals surface area contributed by atoms with Crippen molar-refractivity contribution in [2.24, 2.45) is 0 Å². The van der Waals surface area contributed by atoms with Gasteiger partial charge in [0.2, 0.25) is 6.09 Å². The standard InChI is InChI=1S/C12H15NO2.Li/c1-3-7-10(2)15-12(14)13-11-8-5-4-6-9-11;/h3-10H,1-2H3,(H,13,14);/q;+1/p-1/b7-3-;. The molecule has 0 radical (unpaired) electrons. The second-order valence-corrected chi connectivity index (χ2v) is 3.06. The molecule has 80 valence electrons. The van der Waals surface area contributed by atoms with Crippen molar-refractivity contribution in [1.82, 2.24) is 0 Å². The molecule has 1 unspecified atom stereocenters. The van der Waals surface area contributed by atoms with Gasteiger partial charge in [0.05, 0.1) is 0 Å². The molecule has 16 heavy (non-hydrogen) atoms. The van der Waals surface area contributed by atoms with Crippen LogP contribution in [0.5, 0.6) is 0 Å². The predicted octanol–water partition coefficient (Wildman–Crippen LogP) is 0.797. The molecule has 0 aromatic heterocycles. The van der Waals surface area contributed by atoms with Gasteiger partial charge in [-0.2, -0.15) is 0 Å². The van der Waals surface area contributed by atoms with Gasteiger partial charge in [-0.15, -0.1) is 5.69 Å². The summed E-state index contributed by atoms with van der Waals surface area (Å²) in [5, 5.41) is 3.79. The number of nitrogens with zero attached hydrogens (tertiary/aromatic N) is 1. The molecule has 0 saturated heterocycles. The Hall–Kier alpha value is -1.17. The van der Waals surface area contributed by atoms with Crippen LogP contribution < -0.4 is 18.9 Å². The molecule has 0 bridgehead atoms. The number of carbonyl (C=O) groups excluding carboxylic acids is 1. The number of hydrogen-bond donors (Lipinski definition) is 0. The monoisotopic (exact) mass is 211 g/mol. The van der Waals surface area contributed by atoms with E-state index >= 15 is 0 Å². The largest absolute Gasteiger partial charge is 1.00 e. The van der Waals surface area contributed by atoms with Crippen LogP contribution >= 0.6 is 0 Å². The molecule has 0 saturated carbocycles. The van der Waals surface area contributed by atoms with Crippen molar-refractivity contribution in [1.29, 1.82) is 0 Å². The number of rotatable bonds is 3. The average Bonchev–Trinajstić information content (AvgIpc) is 2.19. The van der Waals surface area contributed by atoms with Crippen molar-refractivity contribution >= 4 is 11.8 Å². The Labute approximate surface area is 108 Å². The van der Waals surface area contributed by atoms with Gasteiger partial charge in [0.25, 0.3) is 0 Å². The summed E-state index contributed by atoms with van der Waals surface area (Å²) in [6.07, 6.45) is 2.82. The second kappa shape index (κ2) is 8.03. The maximum atomic E-state index is 11.3. The molecular weight excluding hydrogens is 197 g/mol. The van der Waals surface area contributed by atoms with Gasteiger partial charge in [0.15, 0.2) is 0 Å². The topological polar surface area (TPSA) is 40.4 Å². The minimum absolute atomic E-state index is 0. The van der Waals surface area contributed by atoms with Crippen molar-refractivity contribution < 1.29 is 28.4 Å². The minimum Gasteiger partial charge on any atom is -0.591 e. The molecule has 0 spiro atoms. The van der Waals surface area contributed by atoms with Crippen LogP contribution in [-0.4, -0.2) is 12.2 Å². The van der Waals surface area contributed by atoms with E-state index in [1.165, 1.54) is 0 Å². The number of amides is 1. The third-order valence-corrected chi connectivity index (χ3v) is 1.73. The fourth-order valence-electron chi connectivity index (χ4n) is 1.10. The van der Waals surface area contributed by atoms with Crippen molar-refractivity contribution in [3.8, 4) is 0 Å². The molecule has 1 rings (SSSR count). The number of para-hydroxylation sites is 1. The number of allylic oxidation sites excluding steroid dienone is 1. The van der Waals surface area contributed by atoms with Crippen LogP contribution in [0.25, 0.3) is 5.32 Å². The van der Waals surface area contributed by atoms with E-state index < -0.39 is 6.09 Å². The summed E-state index contributed by atoms with van der Waals surface area (Å²) in [7, 11) is 0. The second-order valence-electron chi connectivity index (χ2n) is 3.06. The first kappa shape index (κ1) is 14.8. The first-order chi connectivity index (χ1) is 7.22. The molecule has 1 aromatic rings. The molecule has 1 atom stereocenters. The Morgan fingerprint density at radius 2 is 2.00 bits per heavy atom. The molecule has 3 nitrogen and oxygen atoms in total. The van der Waals surface area contributed by atoms with Gasteiger partial charge in [0, 0.05) is 0 Å². The summed E-state index contributed by atoms with van der Waals surface area (Å²) >= 11 is 0. The number of hydrogen-bond acceptors (Lipinski definition) is 2. The molecule has 4 heteroatoms. The summed E-state index contributed by atoms with van der Waals surface area (Å²) in [6.45, 7) is 3.66. The van der Waals surface area contributed by atoms with Crippen LogP contribution in [-0.2, 0) is 4.74 Å². The first-order valence-corrected chi connectivity index (χ1v) is 4.82. The zero-order chi connectivity index (χ0) is 11.1. The van der Waals surface area contributed by atoms with Gasteiger partial charge in [-0.1, -0.05) is 36.4 Å². The molecule has 0 aliphatic carbocycles. The Morgan fingerprint density at radius 3 is 2.56 bits per heavy atom. The van der Waals surface area contributed by atoms with Gasteiger partial charge in [-0.3, -0.25) is 4.79 Å².